The summed E-state index contributed by atoms with van der Waals surface area (Å²) in [5.74, 6) is 1.33. The van der Waals surface area contributed by atoms with Crippen LogP contribution in [-0.4, -0.2) is 62.2 Å². The van der Waals surface area contributed by atoms with Gasteiger partial charge in [0.05, 0.1) is 0 Å². The highest BCUT2D eigenvalue weighted by atomic mass is 16.2. The predicted molar refractivity (Wildman–Crippen MR) is 120 cm³/mol. The van der Waals surface area contributed by atoms with Gasteiger partial charge < -0.3 is 9.80 Å². The van der Waals surface area contributed by atoms with Crippen molar-refractivity contribution >= 4 is 17.4 Å². The van der Waals surface area contributed by atoms with Gasteiger partial charge >= 0.3 is 0 Å². The lowest BCUT2D eigenvalue weighted by molar-refractivity contribution is -0.138. The van der Waals surface area contributed by atoms with Crippen molar-refractivity contribution in [3.05, 3.63) is 47.5 Å². The molecule has 8 nitrogen and oxygen atoms in total. The zero-order chi connectivity index (χ0) is 21.5. The topological polar surface area (TPSA) is 79.5 Å². The Bertz CT molecular complexity index is 1140. The van der Waals surface area contributed by atoms with Gasteiger partial charge in [0.25, 0.3) is 0 Å². The number of carbonyl (C=O) groups excluding carboxylic acids is 1. The fourth-order valence-corrected chi connectivity index (χ4v) is 6.17. The molecule has 0 saturated carbocycles. The van der Waals surface area contributed by atoms with E-state index in [0.717, 1.165) is 51.3 Å². The van der Waals surface area contributed by atoms with Crippen LogP contribution in [0.3, 0.4) is 0 Å². The first-order chi connectivity index (χ1) is 15.7. The summed E-state index contributed by atoms with van der Waals surface area (Å²) < 4.78 is 1.46. The third-order valence-corrected chi connectivity index (χ3v) is 7.80. The van der Waals surface area contributed by atoms with Crippen LogP contribution in [0.2, 0.25) is 0 Å². The number of aromatic nitrogens is 5. The Morgan fingerprint density at radius 3 is 2.75 bits per heavy atom. The number of benzene rings is 1. The van der Waals surface area contributed by atoms with E-state index in [9.17, 15) is 4.79 Å². The Balaban J connectivity index is 1.14. The summed E-state index contributed by atoms with van der Waals surface area (Å²) in [5.41, 5.74) is 3.80. The Kier molecular flexibility index (Phi) is 4.81. The number of piperidine rings is 2. The monoisotopic (exact) mass is 431 g/mol. The smallest absolute Gasteiger partial charge is 0.225 e. The molecule has 4 heterocycles. The Morgan fingerprint density at radius 1 is 1.00 bits per heavy atom. The van der Waals surface area contributed by atoms with Crippen molar-refractivity contribution in [1.29, 1.82) is 0 Å². The summed E-state index contributed by atoms with van der Waals surface area (Å²) in [7, 11) is 0. The zero-order valence-electron chi connectivity index (χ0n) is 18.4. The van der Waals surface area contributed by atoms with Gasteiger partial charge in [-0.05, 0) is 78.6 Å². The van der Waals surface area contributed by atoms with Gasteiger partial charge in [-0.15, -0.1) is 14.8 Å². The number of aryl methyl sites for hydroxylation is 1. The summed E-state index contributed by atoms with van der Waals surface area (Å²) in [5, 5.41) is 16.0. The molecule has 2 fully saturated rings. The highest BCUT2D eigenvalue weighted by Gasteiger charge is 2.42. The molecule has 3 aliphatic rings. The highest BCUT2D eigenvalue weighted by molar-refractivity contribution is 5.79. The Hall–Kier alpha value is -3.03. The molecule has 3 aromatic rings. The van der Waals surface area contributed by atoms with Crippen LogP contribution in [0.5, 0.6) is 0 Å². The third kappa shape index (κ3) is 3.32. The lowest BCUT2D eigenvalue weighted by Gasteiger charge is -2.47. The number of fused-ring (bicyclic) bond motifs is 3. The molecule has 0 bridgehead atoms. The van der Waals surface area contributed by atoms with Gasteiger partial charge in [0.15, 0.2) is 11.5 Å². The van der Waals surface area contributed by atoms with E-state index in [1.54, 1.807) is 0 Å². The minimum atomic E-state index is 0.108. The number of hydrogen-bond acceptors (Lipinski definition) is 6. The molecule has 166 valence electrons. The second-order valence-corrected chi connectivity index (χ2v) is 9.63. The van der Waals surface area contributed by atoms with E-state index in [1.165, 1.54) is 41.4 Å². The van der Waals surface area contributed by atoms with Crippen LogP contribution in [0.25, 0.3) is 5.65 Å². The van der Waals surface area contributed by atoms with Crippen LogP contribution in [0, 0.1) is 5.92 Å². The van der Waals surface area contributed by atoms with Gasteiger partial charge in [-0.2, -0.15) is 0 Å². The second kappa shape index (κ2) is 7.83. The van der Waals surface area contributed by atoms with Gasteiger partial charge in [-0.3, -0.25) is 4.79 Å². The Labute approximate surface area is 187 Å². The van der Waals surface area contributed by atoms with Gasteiger partial charge in [-0.1, -0.05) is 24.3 Å². The predicted octanol–water partition coefficient (Wildman–Crippen LogP) is 2.63. The molecule has 0 N–H and O–H groups in total. The maximum absolute atomic E-state index is 13.5. The zero-order valence-corrected chi connectivity index (χ0v) is 18.4. The minimum absolute atomic E-state index is 0.108. The number of anilines is 1. The number of rotatable bonds is 2. The molecule has 1 atom stereocenters. The summed E-state index contributed by atoms with van der Waals surface area (Å²) in [6.07, 6.45) is 7.66. The van der Waals surface area contributed by atoms with Crippen molar-refractivity contribution < 1.29 is 4.79 Å². The van der Waals surface area contributed by atoms with Crippen molar-refractivity contribution in [3.63, 3.8) is 0 Å². The summed E-state index contributed by atoms with van der Waals surface area (Å²) in [6.45, 7) is 3.46. The number of amides is 1. The van der Waals surface area contributed by atoms with Gasteiger partial charge in [0.2, 0.25) is 5.91 Å². The van der Waals surface area contributed by atoms with Gasteiger partial charge in [0, 0.05) is 37.5 Å². The molecule has 8 heteroatoms. The SMILES string of the molecule is O=C(C1CCN(c2ccc3nnnn3n2)CC1)N1CCCC2(CCCc3ccccc32)C1. The van der Waals surface area contributed by atoms with E-state index in [4.69, 9.17) is 0 Å². The van der Waals surface area contributed by atoms with E-state index in [0.29, 0.717) is 11.6 Å². The van der Waals surface area contributed by atoms with Gasteiger partial charge in [0.1, 0.15) is 0 Å². The molecule has 0 radical (unpaired) electrons. The van der Waals surface area contributed by atoms with E-state index >= 15 is 0 Å². The third-order valence-electron chi connectivity index (χ3n) is 7.80. The molecule has 1 unspecified atom stereocenters. The first-order valence-electron chi connectivity index (χ1n) is 11.9. The molecule has 1 aliphatic carbocycles. The lowest BCUT2D eigenvalue weighted by Crippen LogP contribution is -2.52. The maximum Gasteiger partial charge on any atom is 0.225 e. The number of carbonyl (C=O) groups is 1. The van der Waals surface area contributed by atoms with Crippen molar-refractivity contribution in [2.75, 3.05) is 31.1 Å². The van der Waals surface area contributed by atoms with Gasteiger partial charge in [-0.25, -0.2) is 0 Å². The summed E-state index contributed by atoms with van der Waals surface area (Å²) in [6, 6.07) is 12.8. The molecule has 1 spiro atoms. The molecule has 2 saturated heterocycles. The maximum atomic E-state index is 13.5. The fourth-order valence-electron chi connectivity index (χ4n) is 6.17. The first kappa shape index (κ1) is 19.6. The average molecular weight is 432 g/mol. The molecule has 1 amide bonds. The summed E-state index contributed by atoms with van der Waals surface area (Å²) >= 11 is 0. The van der Waals surface area contributed by atoms with Crippen molar-refractivity contribution in [1.82, 2.24) is 30.2 Å². The Morgan fingerprint density at radius 2 is 1.84 bits per heavy atom. The summed E-state index contributed by atoms with van der Waals surface area (Å²) in [4.78, 5) is 18.0. The van der Waals surface area contributed by atoms with Crippen LogP contribution in [0.1, 0.15) is 49.7 Å². The number of likely N-dealkylation sites (tertiary alicyclic amines) is 1. The normalized spacial score (nSPS) is 24.1. The van der Waals surface area contributed by atoms with Crippen LogP contribution in [-0.2, 0) is 16.6 Å². The van der Waals surface area contributed by atoms with Crippen molar-refractivity contribution in [2.45, 2.75) is 50.4 Å². The molecule has 6 rings (SSSR count). The standard InChI is InChI=1S/C24H29N7O/c32-23(19-10-15-29(16-11-19)22-9-8-21-25-27-28-31(21)26-22)30-14-4-13-24(17-30)12-3-6-18-5-1-2-7-20(18)24/h1-2,5,7-9,19H,3-4,6,10-17H2. The van der Waals surface area contributed by atoms with Crippen LogP contribution >= 0.6 is 0 Å². The second-order valence-electron chi connectivity index (χ2n) is 9.63. The molecular weight excluding hydrogens is 402 g/mol. The largest absolute Gasteiger partial charge is 0.355 e. The average Bonchev–Trinajstić information content (AvgIpc) is 3.32. The van der Waals surface area contributed by atoms with Crippen LogP contribution in [0.4, 0.5) is 5.82 Å². The number of tetrazole rings is 1. The van der Waals surface area contributed by atoms with Crippen molar-refractivity contribution in [2.24, 2.45) is 5.92 Å². The molecule has 2 aromatic heterocycles. The number of nitrogens with zero attached hydrogens (tertiary/aromatic N) is 7. The molecule has 2 aliphatic heterocycles. The van der Waals surface area contributed by atoms with Crippen LogP contribution in [0.15, 0.2) is 36.4 Å². The fraction of sp³-hybridized carbons (Fsp3) is 0.542. The first-order valence-corrected chi connectivity index (χ1v) is 11.9. The van der Waals surface area contributed by atoms with E-state index in [1.807, 2.05) is 12.1 Å². The lowest BCUT2D eigenvalue weighted by atomic mass is 9.65. The van der Waals surface area contributed by atoms with E-state index in [-0.39, 0.29) is 11.3 Å². The molecular formula is C24H29N7O. The number of hydrogen-bond donors (Lipinski definition) is 0. The minimum Gasteiger partial charge on any atom is -0.355 e. The quantitative estimate of drug-likeness (QED) is 0.621. The van der Waals surface area contributed by atoms with E-state index in [2.05, 4.69) is 54.7 Å². The highest BCUT2D eigenvalue weighted by Crippen LogP contribution is 2.44. The van der Waals surface area contributed by atoms with Crippen molar-refractivity contribution in [3.8, 4) is 0 Å². The van der Waals surface area contributed by atoms with E-state index < -0.39 is 0 Å². The van der Waals surface area contributed by atoms with Crippen LogP contribution < -0.4 is 4.90 Å². The molecule has 1 aromatic carbocycles. The molecule has 32 heavy (non-hydrogen) atoms.